The molecule has 0 aliphatic carbocycles. The van der Waals surface area contributed by atoms with Gasteiger partial charge in [-0.05, 0) is 44.9 Å². The van der Waals surface area contributed by atoms with Gasteiger partial charge in [0.2, 0.25) is 11.5 Å². The van der Waals surface area contributed by atoms with Gasteiger partial charge in [-0.1, -0.05) is 25.4 Å². The van der Waals surface area contributed by atoms with Crippen LogP contribution in [0.5, 0.6) is 23.0 Å². The Morgan fingerprint density at radius 3 is 2.15 bits per heavy atom. The summed E-state index contributed by atoms with van der Waals surface area (Å²) in [4.78, 5) is 11.7. The molecule has 1 N–H and O–H groups in total. The van der Waals surface area contributed by atoms with Gasteiger partial charge in [0, 0.05) is 22.7 Å². The molecule has 0 saturated heterocycles. The van der Waals surface area contributed by atoms with E-state index in [0.717, 1.165) is 12.8 Å². The van der Waals surface area contributed by atoms with Gasteiger partial charge in [0.1, 0.15) is 0 Å². The van der Waals surface area contributed by atoms with Crippen LogP contribution >= 0.6 is 11.6 Å². The first kappa shape index (κ1) is 20.2. The molecular weight excluding hydrogens is 356 g/mol. The smallest absolute Gasteiger partial charge is 0.308 e. The van der Waals surface area contributed by atoms with E-state index in [-0.39, 0.29) is 35.2 Å². The monoisotopic (exact) mass is 380 g/mol. The fraction of sp³-hybridized carbons (Fsp3) is 0.450. The lowest BCUT2D eigenvalue weighted by molar-refractivity contribution is -0.131. The quantitative estimate of drug-likeness (QED) is 0.509. The molecule has 6 heteroatoms. The molecule has 2 aromatic carbocycles. The maximum Gasteiger partial charge on any atom is 0.308 e. The largest absolute Gasteiger partial charge is 0.504 e. The van der Waals surface area contributed by atoms with Crippen molar-refractivity contribution in [3.05, 3.63) is 23.2 Å². The topological polar surface area (TPSA) is 65.0 Å². The van der Waals surface area contributed by atoms with E-state index in [1.807, 2.05) is 27.7 Å². The molecule has 2 aromatic rings. The van der Waals surface area contributed by atoms with Gasteiger partial charge in [-0.3, -0.25) is 4.79 Å². The van der Waals surface area contributed by atoms with Crippen molar-refractivity contribution in [3.8, 4) is 23.0 Å². The van der Waals surface area contributed by atoms with E-state index in [4.69, 9.17) is 25.8 Å². The number of carbonyl (C=O) groups excluding carboxylic acids is 1. The van der Waals surface area contributed by atoms with E-state index in [0.29, 0.717) is 15.8 Å². The minimum absolute atomic E-state index is 0.0861. The van der Waals surface area contributed by atoms with Crippen molar-refractivity contribution in [2.45, 2.75) is 59.7 Å². The number of aromatic hydroxyl groups is 1. The van der Waals surface area contributed by atoms with Gasteiger partial charge in [-0.25, -0.2) is 0 Å². The van der Waals surface area contributed by atoms with Crippen molar-refractivity contribution in [2.75, 3.05) is 0 Å². The number of hydrogen-bond donors (Lipinski definition) is 1. The van der Waals surface area contributed by atoms with Crippen LogP contribution in [-0.4, -0.2) is 23.3 Å². The van der Waals surface area contributed by atoms with Crippen LogP contribution in [0.1, 0.15) is 47.5 Å². The highest BCUT2D eigenvalue weighted by Crippen LogP contribution is 2.52. The van der Waals surface area contributed by atoms with Crippen molar-refractivity contribution < 1.29 is 24.1 Å². The minimum Gasteiger partial charge on any atom is -0.504 e. The second-order valence-electron chi connectivity index (χ2n) is 6.29. The van der Waals surface area contributed by atoms with E-state index in [1.54, 1.807) is 18.2 Å². The van der Waals surface area contributed by atoms with Crippen LogP contribution in [0.15, 0.2) is 18.2 Å². The van der Waals surface area contributed by atoms with Gasteiger partial charge in [0.15, 0.2) is 11.5 Å². The van der Waals surface area contributed by atoms with Gasteiger partial charge < -0.3 is 19.3 Å². The maximum absolute atomic E-state index is 11.7. The number of carbonyl (C=O) groups is 1. The summed E-state index contributed by atoms with van der Waals surface area (Å²) in [6.07, 6.45) is 1.15. The third-order valence-corrected chi connectivity index (χ3v) is 4.38. The average molecular weight is 381 g/mol. The molecule has 0 heterocycles. The maximum atomic E-state index is 11.7. The Balaban J connectivity index is 2.82. The Hall–Kier alpha value is -2.14. The van der Waals surface area contributed by atoms with Gasteiger partial charge in [0.05, 0.1) is 12.2 Å². The minimum atomic E-state index is -0.490. The Morgan fingerprint density at radius 2 is 1.62 bits per heavy atom. The molecule has 0 bridgehead atoms. The van der Waals surface area contributed by atoms with Gasteiger partial charge in [0.25, 0.3) is 0 Å². The Kier molecular flexibility index (Phi) is 6.59. The lowest BCUT2D eigenvalue weighted by Gasteiger charge is -2.23. The molecule has 26 heavy (non-hydrogen) atoms. The number of hydrogen-bond acceptors (Lipinski definition) is 5. The number of esters is 1. The van der Waals surface area contributed by atoms with Crippen LogP contribution in [0.4, 0.5) is 0 Å². The first-order valence-electron chi connectivity index (χ1n) is 8.78. The summed E-state index contributed by atoms with van der Waals surface area (Å²) in [5, 5.41) is 12.2. The predicted octanol–water partition coefficient (Wildman–Crippen LogP) is 5.48. The fourth-order valence-electron chi connectivity index (χ4n) is 2.40. The lowest BCUT2D eigenvalue weighted by Crippen LogP contribution is -2.16. The third-order valence-electron chi connectivity index (χ3n) is 4.14. The summed E-state index contributed by atoms with van der Waals surface area (Å²) in [5.74, 6) is 0.0286. The van der Waals surface area contributed by atoms with Crippen LogP contribution in [0.2, 0.25) is 5.02 Å². The zero-order valence-electron chi connectivity index (χ0n) is 15.8. The zero-order valence-corrected chi connectivity index (χ0v) is 16.5. The molecule has 0 spiro atoms. The zero-order chi connectivity index (χ0) is 19.4. The van der Waals surface area contributed by atoms with E-state index in [9.17, 15) is 9.90 Å². The lowest BCUT2D eigenvalue weighted by atomic mass is 10.1. The molecule has 142 valence electrons. The van der Waals surface area contributed by atoms with Gasteiger partial charge in [-0.15, -0.1) is 0 Å². The molecule has 0 radical (unpaired) electrons. The molecule has 0 aliphatic heterocycles. The van der Waals surface area contributed by atoms with Crippen molar-refractivity contribution >= 4 is 28.3 Å². The first-order chi connectivity index (χ1) is 12.3. The summed E-state index contributed by atoms with van der Waals surface area (Å²) in [6.45, 7) is 9.05. The number of ether oxygens (including phenoxy) is 3. The van der Waals surface area contributed by atoms with Crippen LogP contribution in [0, 0.1) is 0 Å². The van der Waals surface area contributed by atoms with E-state index in [1.165, 1.54) is 6.92 Å². The fourth-order valence-corrected chi connectivity index (χ4v) is 2.57. The number of rotatable bonds is 7. The van der Waals surface area contributed by atoms with Crippen LogP contribution in [0.3, 0.4) is 0 Å². The summed E-state index contributed by atoms with van der Waals surface area (Å²) in [5.41, 5.74) is 0. The molecule has 2 atom stereocenters. The molecule has 0 fully saturated rings. The van der Waals surface area contributed by atoms with Crippen molar-refractivity contribution in [3.63, 3.8) is 0 Å². The molecule has 2 rings (SSSR count). The highest BCUT2D eigenvalue weighted by atomic mass is 35.5. The number of halogens is 1. The average Bonchev–Trinajstić information content (AvgIpc) is 2.60. The number of phenols is 1. The van der Waals surface area contributed by atoms with E-state index < -0.39 is 5.97 Å². The van der Waals surface area contributed by atoms with Gasteiger partial charge >= 0.3 is 5.97 Å². The number of fused-ring (bicyclic) bond motifs is 1. The number of phenolic OH excluding ortho intramolecular Hbond substituents is 1. The Morgan fingerprint density at radius 1 is 1.04 bits per heavy atom. The highest BCUT2D eigenvalue weighted by molar-refractivity contribution is 6.31. The third kappa shape index (κ3) is 4.33. The second-order valence-corrected chi connectivity index (χ2v) is 6.73. The molecule has 5 nitrogen and oxygen atoms in total. The summed E-state index contributed by atoms with van der Waals surface area (Å²) in [6, 6.07) is 4.96. The second kappa shape index (κ2) is 8.49. The molecular formula is C20H25ClO5. The normalized spacial score (nSPS) is 13.3. The predicted molar refractivity (Wildman–Crippen MR) is 103 cm³/mol. The first-order valence-corrected chi connectivity index (χ1v) is 9.16. The summed E-state index contributed by atoms with van der Waals surface area (Å²) in [7, 11) is 0. The van der Waals surface area contributed by atoms with E-state index in [2.05, 4.69) is 0 Å². The summed E-state index contributed by atoms with van der Waals surface area (Å²) < 4.78 is 17.4. The van der Waals surface area contributed by atoms with Crippen LogP contribution in [-0.2, 0) is 4.79 Å². The molecule has 0 saturated carbocycles. The highest BCUT2D eigenvalue weighted by Gasteiger charge is 2.26. The molecule has 0 aromatic heterocycles. The summed E-state index contributed by atoms with van der Waals surface area (Å²) >= 11 is 6.09. The Bertz CT molecular complexity index is 803. The number of benzene rings is 2. The van der Waals surface area contributed by atoms with Crippen molar-refractivity contribution in [1.82, 2.24) is 0 Å². The van der Waals surface area contributed by atoms with Crippen LogP contribution < -0.4 is 14.2 Å². The van der Waals surface area contributed by atoms with E-state index >= 15 is 0 Å². The Labute approximate surface area is 158 Å². The molecule has 0 amide bonds. The SMILES string of the molecule is CCC(C)Oc1c(OC(C)CC)c(OC(C)=O)c2ccc(Cl)cc2c1O. The van der Waals surface area contributed by atoms with Gasteiger partial charge in [-0.2, -0.15) is 0 Å². The standard InChI is InChI=1S/C20H25ClO5/c1-6-11(3)24-19-17(23)16-10-14(21)8-9-15(16)18(26-13(5)22)20(19)25-12(4)7-2/h8-12,23H,6-7H2,1-5H3. The van der Waals surface area contributed by atoms with Crippen molar-refractivity contribution in [1.29, 1.82) is 0 Å². The van der Waals surface area contributed by atoms with Crippen molar-refractivity contribution in [2.24, 2.45) is 0 Å². The molecule has 0 aliphatic rings. The van der Waals surface area contributed by atoms with Crippen LogP contribution in [0.25, 0.3) is 10.8 Å². The molecule has 2 unspecified atom stereocenters.